The molecule has 2 N–H and O–H groups in total. The quantitative estimate of drug-likeness (QED) is 0.731. The summed E-state index contributed by atoms with van der Waals surface area (Å²) in [4.78, 5) is 23.4. The molecule has 0 saturated carbocycles. The smallest absolute Gasteiger partial charge is 0.408 e. The molecule has 1 aromatic carbocycles. The van der Waals surface area contributed by atoms with Crippen LogP contribution in [0.15, 0.2) is 18.2 Å². The number of carboxylic acid groups (broad SMARTS) is 1. The van der Waals surface area contributed by atoms with Gasteiger partial charge in [0.15, 0.2) is 0 Å². The van der Waals surface area contributed by atoms with Gasteiger partial charge in [0, 0.05) is 0 Å². The number of alkyl carbamates (subject to hydrolysis) is 1. The third-order valence-corrected chi connectivity index (χ3v) is 4.39. The van der Waals surface area contributed by atoms with E-state index in [9.17, 15) is 14.7 Å². The first-order chi connectivity index (χ1) is 12.2. The van der Waals surface area contributed by atoms with E-state index in [4.69, 9.17) is 4.74 Å². The third kappa shape index (κ3) is 7.61. The number of carbonyl (C=O) groups excluding carboxylic acids is 1. The van der Waals surface area contributed by atoms with Gasteiger partial charge in [0.1, 0.15) is 12.6 Å². The lowest BCUT2D eigenvalue weighted by Crippen LogP contribution is -2.41. The van der Waals surface area contributed by atoms with Crippen molar-refractivity contribution in [2.75, 3.05) is 0 Å². The maximum atomic E-state index is 12.1. The molecule has 0 fully saturated rings. The highest BCUT2D eigenvalue weighted by atomic mass is 16.5. The van der Waals surface area contributed by atoms with E-state index in [1.54, 1.807) is 0 Å². The first kappa shape index (κ1) is 23.0. The number of hydrogen-bond donors (Lipinski definition) is 2. The molecule has 0 unspecified atom stereocenters. The summed E-state index contributed by atoms with van der Waals surface area (Å²) in [5.74, 6) is -0.894. The molecule has 0 aromatic heterocycles. The minimum absolute atomic E-state index is 0.0239. The van der Waals surface area contributed by atoms with E-state index in [1.807, 2.05) is 26.0 Å². The van der Waals surface area contributed by atoms with Crippen molar-refractivity contribution < 1.29 is 19.4 Å². The van der Waals surface area contributed by atoms with E-state index in [1.165, 1.54) is 11.1 Å². The SMILES string of the molecule is CC(C)C[C@H](NC(=O)OCc1cc(C(C)(C)C)cc(C(C)(C)C)c1)C(=O)O. The summed E-state index contributed by atoms with van der Waals surface area (Å²) in [6.45, 7) is 16.8. The van der Waals surface area contributed by atoms with Crippen LogP contribution in [-0.2, 0) is 27.0 Å². The number of benzene rings is 1. The van der Waals surface area contributed by atoms with Crippen LogP contribution in [0, 0.1) is 5.92 Å². The Morgan fingerprint density at radius 3 is 1.85 bits per heavy atom. The van der Waals surface area contributed by atoms with Gasteiger partial charge >= 0.3 is 12.1 Å². The summed E-state index contributed by atoms with van der Waals surface area (Å²) < 4.78 is 5.31. The number of nitrogens with one attached hydrogen (secondary N) is 1. The molecule has 27 heavy (non-hydrogen) atoms. The fourth-order valence-corrected chi connectivity index (χ4v) is 2.67. The highest BCUT2D eigenvalue weighted by Crippen LogP contribution is 2.30. The van der Waals surface area contributed by atoms with Gasteiger partial charge in [-0.05, 0) is 39.9 Å². The fraction of sp³-hybridized carbons (Fsp3) is 0.636. The van der Waals surface area contributed by atoms with Gasteiger partial charge < -0.3 is 15.2 Å². The Morgan fingerprint density at radius 1 is 1.00 bits per heavy atom. The van der Waals surface area contributed by atoms with Crippen molar-refractivity contribution in [3.8, 4) is 0 Å². The van der Waals surface area contributed by atoms with Crippen LogP contribution < -0.4 is 5.32 Å². The average Bonchev–Trinajstić information content (AvgIpc) is 2.49. The van der Waals surface area contributed by atoms with Gasteiger partial charge in [0.2, 0.25) is 0 Å². The largest absolute Gasteiger partial charge is 0.480 e. The summed E-state index contributed by atoms with van der Waals surface area (Å²) in [6, 6.07) is 5.35. The molecule has 0 radical (unpaired) electrons. The van der Waals surface area contributed by atoms with Crippen LogP contribution >= 0.6 is 0 Å². The zero-order valence-corrected chi connectivity index (χ0v) is 18.0. The van der Waals surface area contributed by atoms with E-state index in [-0.39, 0.29) is 23.4 Å². The van der Waals surface area contributed by atoms with Crippen molar-refractivity contribution in [3.05, 3.63) is 34.9 Å². The van der Waals surface area contributed by atoms with E-state index in [0.29, 0.717) is 6.42 Å². The maximum Gasteiger partial charge on any atom is 0.408 e. The number of hydrogen-bond acceptors (Lipinski definition) is 3. The van der Waals surface area contributed by atoms with Crippen LogP contribution in [0.25, 0.3) is 0 Å². The Balaban J connectivity index is 2.92. The monoisotopic (exact) mass is 377 g/mol. The molecule has 1 rings (SSSR count). The second-order valence-corrected chi connectivity index (χ2v) is 9.66. The molecule has 5 nitrogen and oxygen atoms in total. The predicted octanol–water partition coefficient (Wildman–Crippen LogP) is 5.01. The molecule has 152 valence electrons. The van der Waals surface area contributed by atoms with Crippen LogP contribution in [0.4, 0.5) is 4.79 Å². The van der Waals surface area contributed by atoms with Gasteiger partial charge in [-0.3, -0.25) is 0 Å². The molecule has 0 aliphatic carbocycles. The molecule has 1 atom stereocenters. The maximum absolute atomic E-state index is 12.1. The van der Waals surface area contributed by atoms with Crippen LogP contribution in [-0.4, -0.2) is 23.2 Å². The Labute approximate surface area is 163 Å². The highest BCUT2D eigenvalue weighted by molar-refractivity contribution is 5.79. The van der Waals surface area contributed by atoms with Crippen molar-refractivity contribution >= 4 is 12.1 Å². The number of carboxylic acids is 1. The van der Waals surface area contributed by atoms with Crippen LogP contribution in [0.2, 0.25) is 0 Å². The molecule has 0 saturated heterocycles. The Morgan fingerprint density at radius 2 is 1.48 bits per heavy atom. The Hall–Kier alpha value is -2.04. The molecule has 0 aliphatic rings. The van der Waals surface area contributed by atoms with Crippen molar-refractivity contribution in [2.45, 2.75) is 85.3 Å². The summed E-state index contributed by atoms with van der Waals surface area (Å²) in [7, 11) is 0. The lowest BCUT2D eigenvalue weighted by Gasteiger charge is -2.26. The normalized spacial score (nSPS) is 13.4. The van der Waals surface area contributed by atoms with E-state index >= 15 is 0 Å². The van der Waals surface area contributed by atoms with Crippen molar-refractivity contribution in [2.24, 2.45) is 5.92 Å². The summed E-state index contributed by atoms with van der Waals surface area (Å²) in [5.41, 5.74) is 3.21. The van der Waals surface area contributed by atoms with Crippen molar-refractivity contribution in [1.82, 2.24) is 5.32 Å². The van der Waals surface area contributed by atoms with Gasteiger partial charge in [0.05, 0.1) is 0 Å². The molecule has 1 amide bonds. The lowest BCUT2D eigenvalue weighted by molar-refractivity contribution is -0.139. The van der Waals surface area contributed by atoms with Crippen molar-refractivity contribution in [3.63, 3.8) is 0 Å². The molecular weight excluding hydrogens is 342 g/mol. The third-order valence-electron chi connectivity index (χ3n) is 4.39. The number of carbonyl (C=O) groups is 2. The summed E-state index contributed by atoms with van der Waals surface area (Å²) in [6.07, 6.45) is -0.348. The summed E-state index contributed by atoms with van der Waals surface area (Å²) >= 11 is 0. The van der Waals surface area contributed by atoms with Gasteiger partial charge in [-0.15, -0.1) is 0 Å². The van der Waals surface area contributed by atoms with Crippen LogP contribution in [0.1, 0.15) is 78.5 Å². The highest BCUT2D eigenvalue weighted by Gasteiger charge is 2.23. The standard InChI is InChI=1S/C22H35NO4/c1-14(2)9-18(19(24)25)23-20(26)27-13-15-10-16(21(3,4)5)12-17(11-15)22(6,7)8/h10-12,14,18H,9,13H2,1-8H3,(H,23,26)(H,24,25)/t18-/m0/s1. The topological polar surface area (TPSA) is 75.6 Å². The lowest BCUT2D eigenvalue weighted by atomic mass is 9.79. The molecule has 1 aromatic rings. The molecule has 0 heterocycles. The fourth-order valence-electron chi connectivity index (χ4n) is 2.67. The second kappa shape index (κ2) is 8.77. The van der Waals surface area contributed by atoms with Gasteiger partial charge in [-0.25, -0.2) is 9.59 Å². The predicted molar refractivity (Wildman–Crippen MR) is 108 cm³/mol. The number of rotatable bonds is 6. The minimum Gasteiger partial charge on any atom is -0.480 e. The molecule has 0 bridgehead atoms. The minimum atomic E-state index is -1.05. The van der Waals surface area contributed by atoms with Crippen LogP contribution in [0.5, 0.6) is 0 Å². The summed E-state index contributed by atoms with van der Waals surface area (Å²) in [5, 5.41) is 11.7. The number of amides is 1. The van der Waals surface area contributed by atoms with Crippen molar-refractivity contribution in [1.29, 1.82) is 0 Å². The van der Waals surface area contributed by atoms with Gasteiger partial charge in [-0.2, -0.15) is 0 Å². The first-order valence-corrected chi connectivity index (χ1v) is 9.51. The number of aliphatic carboxylic acids is 1. The Kier molecular flexibility index (Phi) is 7.47. The average molecular weight is 378 g/mol. The molecular formula is C22H35NO4. The van der Waals surface area contributed by atoms with E-state index in [2.05, 4.69) is 52.9 Å². The zero-order chi connectivity index (χ0) is 21.0. The number of ether oxygens (including phenoxy) is 1. The van der Waals surface area contributed by atoms with E-state index in [0.717, 1.165) is 5.56 Å². The van der Waals surface area contributed by atoms with Gasteiger partial charge in [-0.1, -0.05) is 73.6 Å². The van der Waals surface area contributed by atoms with Gasteiger partial charge in [0.25, 0.3) is 0 Å². The zero-order valence-electron chi connectivity index (χ0n) is 18.0. The van der Waals surface area contributed by atoms with E-state index < -0.39 is 18.1 Å². The molecule has 0 spiro atoms. The Bertz CT molecular complexity index is 634. The molecule has 5 heteroatoms. The second-order valence-electron chi connectivity index (χ2n) is 9.66. The van der Waals surface area contributed by atoms with Crippen LogP contribution in [0.3, 0.4) is 0 Å². The first-order valence-electron chi connectivity index (χ1n) is 9.51. The molecule has 0 aliphatic heterocycles.